The van der Waals surface area contributed by atoms with Gasteiger partial charge in [0.25, 0.3) is 0 Å². The molecule has 0 aliphatic rings. The predicted molar refractivity (Wildman–Crippen MR) is 96.9 cm³/mol. The molecule has 6 heteroatoms. The van der Waals surface area contributed by atoms with Crippen molar-refractivity contribution in [3.05, 3.63) is 59.2 Å². The molecule has 0 spiro atoms. The Morgan fingerprint density at radius 1 is 1.04 bits per heavy atom. The molecule has 132 valence electrons. The van der Waals surface area contributed by atoms with Crippen molar-refractivity contribution in [2.24, 2.45) is 5.73 Å². The number of benzene rings is 2. The maximum absolute atomic E-state index is 11.9. The van der Waals surface area contributed by atoms with Crippen molar-refractivity contribution in [2.45, 2.75) is 32.9 Å². The summed E-state index contributed by atoms with van der Waals surface area (Å²) in [6, 6.07) is 12.6. The number of hydrogen-bond acceptors (Lipinski definition) is 4. The molecule has 2 rings (SSSR count). The molecule has 0 atom stereocenters. The lowest BCUT2D eigenvalue weighted by atomic mass is 10.1. The van der Waals surface area contributed by atoms with Crippen LogP contribution in [0.15, 0.2) is 42.5 Å². The number of rotatable bonds is 7. The van der Waals surface area contributed by atoms with Crippen LogP contribution in [0.4, 0.5) is 5.69 Å². The Morgan fingerprint density at radius 2 is 1.76 bits per heavy atom. The third kappa shape index (κ3) is 5.93. The Bertz CT molecular complexity index is 759. The zero-order valence-electron chi connectivity index (χ0n) is 14.2. The monoisotopic (exact) mass is 341 g/mol. The fraction of sp³-hybridized carbons (Fsp3) is 0.263. The van der Waals surface area contributed by atoms with E-state index < -0.39 is 0 Å². The largest absolute Gasteiger partial charge is 0.506 e. The second kappa shape index (κ2) is 8.84. The summed E-state index contributed by atoms with van der Waals surface area (Å²) in [5.41, 5.74) is 8.83. The quantitative estimate of drug-likeness (QED) is 0.579. The molecule has 0 fully saturated rings. The molecular formula is C19H23N3O3. The van der Waals surface area contributed by atoms with Crippen LogP contribution >= 0.6 is 0 Å². The van der Waals surface area contributed by atoms with E-state index in [9.17, 15) is 14.7 Å². The van der Waals surface area contributed by atoms with Gasteiger partial charge in [-0.15, -0.1) is 0 Å². The number of carbonyl (C=O) groups is 2. The second-order valence-electron chi connectivity index (χ2n) is 5.87. The standard InChI is InChI=1S/C19H23N3O3/c1-13-5-6-17(23)16(9-13)22-19(25)8-7-18(24)21-12-15-4-2-3-14(10-15)11-20/h2-6,9-10,23H,7-8,11-12,20H2,1H3,(H,21,24)(H,22,25). The summed E-state index contributed by atoms with van der Waals surface area (Å²) in [5, 5.41) is 15.1. The van der Waals surface area contributed by atoms with Crippen LogP contribution < -0.4 is 16.4 Å². The van der Waals surface area contributed by atoms with Gasteiger partial charge < -0.3 is 21.5 Å². The number of aryl methyl sites for hydroxylation is 1. The van der Waals surface area contributed by atoms with E-state index in [-0.39, 0.29) is 30.4 Å². The molecule has 0 bridgehead atoms. The highest BCUT2D eigenvalue weighted by molar-refractivity contribution is 5.94. The van der Waals surface area contributed by atoms with Crippen LogP contribution in [-0.4, -0.2) is 16.9 Å². The van der Waals surface area contributed by atoms with Crippen LogP contribution in [0.1, 0.15) is 29.5 Å². The molecule has 5 N–H and O–H groups in total. The van der Waals surface area contributed by atoms with Gasteiger partial charge in [-0.2, -0.15) is 0 Å². The van der Waals surface area contributed by atoms with Crippen molar-refractivity contribution in [3.63, 3.8) is 0 Å². The molecular weight excluding hydrogens is 318 g/mol. The first-order valence-electron chi connectivity index (χ1n) is 8.12. The molecule has 2 aromatic rings. The lowest BCUT2D eigenvalue weighted by molar-refractivity contribution is -0.124. The maximum Gasteiger partial charge on any atom is 0.224 e. The van der Waals surface area contributed by atoms with Crippen LogP contribution in [-0.2, 0) is 22.7 Å². The Morgan fingerprint density at radius 3 is 2.52 bits per heavy atom. The fourth-order valence-corrected chi connectivity index (χ4v) is 2.35. The number of carbonyl (C=O) groups excluding carboxylic acids is 2. The molecule has 2 amide bonds. The summed E-state index contributed by atoms with van der Waals surface area (Å²) in [6.07, 6.45) is 0.122. The van der Waals surface area contributed by atoms with Gasteiger partial charge in [-0.05, 0) is 35.7 Å². The number of hydrogen-bond donors (Lipinski definition) is 4. The lowest BCUT2D eigenvalue weighted by Gasteiger charge is -2.09. The lowest BCUT2D eigenvalue weighted by Crippen LogP contribution is -2.24. The summed E-state index contributed by atoms with van der Waals surface area (Å²) in [5.74, 6) is -0.522. The van der Waals surface area contributed by atoms with Crippen LogP contribution in [0, 0.1) is 6.92 Å². The van der Waals surface area contributed by atoms with E-state index in [0.717, 1.165) is 16.7 Å². The van der Waals surface area contributed by atoms with E-state index in [1.807, 2.05) is 31.2 Å². The van der Waals surface area contributed by atoms with Gasteiger partial charge in [-0.25, -0.2) is 0 Å². The van der Waals surface area contributed by atoms with Crippen molar-refractivity contribution in [2.75, 3.05) is 5.32 Å². The Balaban J connectivity index is 1.77. The molecule has 0 radical (unpaired) electrons. The topological polar surface area (TPSA) is 104 Å². The Labute approximate surface area is 147 Å². The highest BCUT2D eigenvalue weighted by atomic mass is 16.3. The van der Waals surface area contributed by atoms with Crippen molar-refractivity contribution >= 4 is 17.5 Å². The first-order valence-corrected chi connectivity index (χ1v) is 8.12. The number of nitrogens with two attached hydrogens (primary N) is 1. The summed E-state index contributed by atoms with van der Waals surface area (Å²) in [7, 11) is 0. The molecule has 0 aliphatic carbocycles. The normalized spacial score (nSPS) is 10.3. The highest BCUT2D eigenvalue weighted by Crippen LogP contribution is 2.23. The van der Waals surface area contributed by atoms with Gasteiger partial charge in [0.15, 0.2) is 0 Å². The van der Waals surface area contributed by atoms with Crippen molar-refractivity contribution in [1.82, 2.24) is 5.32 Å². The molecule has 0 saturated heterocycles. The van der Waals surface area contributed by atoms with Gasteiger partial charge in [0.2, 0.25) is 11.8 Å². The van der Waals surface area contributed by atoms with Gasteiger partial charge in [0, 0.05) is 25.9 Å². The zero-order chi connectivity index (χ0) is 18.2. The predicted octanol–water partition coefficient (Wildman–Crippen LogP) is 2.19. The van der Waals surface area contributed by atoms with Crippen molar-refractivity contribution in [1.29, 1.82) is 0 Å². The van der Waals surface area contributed by atoms with E-state index in [1.54, 1.807) is 12.1 Å². The summed E-state index contributed by atoms with van der Waals surface area (Å²) in [4.78, 5) is 23.8. The molecule has 25 heavy (non-hydrogen) atoms. The minimum Gasteiger partial charge on any atom is -0.506 e. The third-order valence-corrected chi connectivity index (χ3v) is 3.72. The maximum atomic E-state index is 11.9. The van der Waals surface area contributed by atoms with Crippen molar-refractivity contribution < 1.29 is 14.7 Å². The van der Waals surface area contributed by atoms with E-state index in [2.05, 4.69) is 10.6 Å². The number of anilines is 1. The minimum absolute atomic E-state index is 0.00295. The average Bonchev–Trinajstić information content (AvgIpc) is 2.61. The molecule has 0 aliphatic heterocycles. The average molecular weight is 341 g/mol. The highest BCUT2D eigenvalue weighted by Gasteiger charge is 2.09. The van der Waals surface area contributed by atoms with Crippen LogP contribution in [0.5, 0.6) is 5.75 Å². The molecule has 0 aromatic heterocycles. The van der Waals surface area contributed by atoms with Crippen LogP contribution in [0.3, 0.4) is 0 Å². The van der Waals surface area contributed by atoms with E-state index in [4.69, 9.17) is 5.73 Å². The Hall–Kier alpha value is -2.86. The van der Waals surface area contributed by atoms with Gasteiger partial charge in [-0.3, -0.25) is 9.59 Å². The van der Waals surface area contributed by atoms with Gasteiger partial charge in [-0.1, -0.05) is 30.3 Å². The molecule has 2 aromatic carbocycles. The second-order valence-corrected chi connectivity index (χ2v) is 5.87. The summed E-state index contributed by atoms with van der Waals surface area (Å²) >= 11 is 0. The molecule has 6 nitrogen and oxygen atoms in total. The molecule has 0 heterocycles. The third-order valence-electron chi connectivity index (χ3n) is 3.72. The fourth-order valence-electron chi connectivity index (χ4n) is 2.35. The van der Waals surface area contributed by atoms with E-state index in [0.29, 0.717) is 18.8 Å². The number of nitrogens with one attached hydrogen (secondary N) is 2. The van der Waals surface area contributed by atoms with Crippen LogP contribution in [0.25, 0.3) is 0 Å². The molecule has 0 saturated carbocycles. The van der Waals surface area contributed by atoms with Crippen LogP contribution in [0.2, 0.25) is 0 Å². The number of amides is 2. The van der Waals surface area contributed by atoms with Gasteiger partial charge in [0.1, 0.15) is 5.75 Å². The zero-order valence-corrected chi connectivity index (χ0v) is 14.2. The number of aromatic hydroxyl groups is 1. The number of phenolic OH excluding ortho intramolecular Hbond substituents is 1. The number of phenols is 1. The smallest absolute Gasteiger partial charge is 0.224 e. The van der Waals surface area contributed by atoms with Gasteiger partial charge in [0.05, 0.1) is 5.69 Å². The Kier molecular flexibility index (Phi) is 6.54. The summed E-state index contributed by atoms with van der Waals surface area (Å²) < 4.78 is 0. The van der Waals surface area contributed by atoms with E-state index in [1.165, 1.54) is 6.07 Å². The van der Waals surface area contributed by atoms with Gasteiger partial charge >= 0.3 is 0 Å². The summed E-state index contributed by atoms with van der Waals surface area (Å²) in [6.45, 7) is 2.71. The molecule has 0 unspecified atom stereocenters. The first kappa shape index (κ1) is 18.5. The SMILES string of the molecule is Cc1ccc(O)c(NC(=O)CCC(=O)NCc2cccc(CN)c2)c1. The minimum atomic E-state index is -0.318. The van der Waals surface area contributed by atoms with Crippen molar-refractivity contribution in [3.8, 4) is 5.75 Å². The van der Waals surface area contributed by atoms with E-state index >= 15 is 0 Å². The first-order chi connectivity index (χ1) is 12.0.